The molecule has 1 N–H and O–H groups in total. The van der Waals surface area contributed by atoms with Crippen LogP contribution in [-0.4, -0.2) is 49.1 Å². The summed E-state index contributed by atoms with van der Waals surface area (Å²) >= 11 is 0. The van der Waals surface area contributed by atoms with Crippen LogP contribution in [-0.2, 0) is 9.59 Å². The van der Waals surface area contributed by atoms with E-state index in [2.05, 4.69) is 0 Å². The van der Waals surface area contributed by atoms with Crippen molar-refractivity contribution in [2.24, 2.45) is 0 Å². The van der Waals surface area contributed by atoms with Gasteiger partial charge in [0.1, 0.15) is 0 Å². The SMILES string of the molecule is CCC(=O)N1CCN(c2ccccc2NC(=O)C(F)(F)F)CC1. The summed E-state index contributed by atoms with van der Waals surface area (Å²) in [6.07, 6.45) is -4.50. The number of benzene rings is 1. The van der Waals surface area contributed by atoms with Crippen molar-refractivity contribution in [3.8, 4) is 0 Å². The molecule has 0 aliphatic carbocycles. The van der Waals surface area contributed by atoms with Gasteiger partial charge in [-0.05, 0) is 12.1 Å². The number of nitrogens with zero attached hydrogens (tertiary/aromatic N) is 2. The van der Waals surface area contributed by atoms with Crippen molar-refractivity contribution >= 4 is 23.2 Å². The molecule has 2 amide bonds. The molecule has 0 atom stereocenters. The number of carbonyl (C=O) groups excluding carboxylic acids is 2. The molecule has 1 heterocycles. The number of hydrogen-bond acceptors (Lipinski definition) is 3. The van der Waals surface area contributed by atoms with Gasteiger partial charge in [0, 0.05) is 32.6 Å². The van der Waals surface area contributed by atoms with E-state index in [1.54, 1.807) is 30.0 Å². The highest BCUT2D eigenvalue weighted by molar-refractivity contribution is 5.97. The number of nitrogens with one attached hydrogen (secondary N) is 1. The van der Waals surface area contributed by atoms with Crippen LogP contribution in [0.1, 0.15) is 13.3 Å². The Morgan fingerprint density at radius 2 is 1.74 bits per heavy atom. The Morgan fingerprint density at radius 1 is 1.13 bits per heavy atom. The van der Waals surface area contributed by atoms with Crippen LogP contribution in [0.15, 0.2) is 24.3 Å². The molecule has 1 aliphatic rings. The zero-order valence-corrected chi connectivity index (χ0v) is 12.7. The maximum Gasteiger partial charge on any atom is 0.471 e. The first kappa shape index (κ1) is 17.1. The van der Waals surface area contributed by atoms with Gasteiger partial charge in [-0.1, -0.05) is 19.1 Å². The van der Waals surface area contributed by atoms with E-state index >= 15 is 0 Å². The van der Waals surface area contributed by atoms with E-state index < -0.39 is 12.1 Å². The van der Waals surface area contributed by atoms with Crippen molar-refractivity contribution in [1.29, 1.82) is 0 Å². The second kappa shape index (κ2) is 6.89. The number of anilines is 2. The lowest BCUT2D eigenvalue weighted by Gasteiger charge is -2.36. The Kier molecular flexibility index (Phi) is 5.12. The van der Waals surface area contributed by atoms with Gasteiger partial charge in [-0.3, -0.25) is 9.59 Å². The third kappa shape index (κ3) is 4.14. The van der Waals surface area contributed by atoms with E-state index in [1.807, 2.05) is 10.2 Å². The first-order valence-electron chi connectivity index (χ1n) is 7.33. The lowest BCUT2D eigenvalue weighted by molar-refractivity contribution is -0.167. The summed E-state index contributed by atoms with van der Waals surface area (Å²) in [6.45, 7) is 3.81. The highest BCUT2D eigenvalue weighted by atomic mass is 19.4. The first-order chi connectivity index (χ1) is 10.8. The summed E-state index contributed by atoms with van der Waals surface area (Å²) in [5, 5.41) is 1.91. The van der Waals surface area contributed by atoms with Crippen molar-refractivity contribution in [2.45, 2.75) is 19.5 Å². The summed E-state index contributed by atoms with van der Waals surface area (Å²) in [5.41, 5.74) is 0.638. The van der Waals surface area contributed by atoms with Crippen molar-refractivity contribution in [3.05, 3.63) is 24.3 Å². The largest absolute Gasteiger partial charge is 0.471 e. The number of hydrogen-bond donors (Lipinski definition) is 1. The van der Waals surface area contributed by atoms with E-state index in [4.69, 9.17) is 0 Å². The standard InChI is InChI=1S/C15H18F3N3O2/c1-2-13(22)21-9-7-20(8-10-21)12-6-4-3-5-11(12)19-14(23)15(16,17)18/h3-6H,2,7-10H2,1H3,(H,19,23). The molecule has 8 heteroatoms. The van der Waals surface area contributed by atoms with E-state index in [9.17, 15) is 22.8 Å². The molecule has 126 valence electrons. The second-order valence-electron chi connectivity index (χ2n) is 5.19. The molecule has 1 aliphatic heterocycles. The van der Waals surface area contributed by atoms with Crippen molar-refractivity contribution in [1.82, 2.24) is 4.90 Å². The van der Waals surface area contributed by atoms with Crippen LogP contribution in [0.25, 0.3) is 0 Å². The minimum Gasteiger partial charge on any atom is -0.366 e. The molecule has 23 heavy (non-hydrogen) atoms. The Hall–Kier alpha value is -2.25. The summed E-state index contributed by atoms with van der Waals surface area (Å²) in [6, 6.07) is 6.35. The molecule has 0 spiro atoms. The summed E-state index contributed by atoms with van der Waals surface area (Å²) in [4.78, 5) is 26.4. The average Bonchev–Trinajstić information content (AvgIpc) is 2.54. The molecule has 1 aromatic rings. The molecule has 1 fully saturated rings. The Morgan fingerprint density at radius 3 is 2.30 bits per heavy atom. The number of carbonyl (C=O) groups is 2. The Bertz CT molecular complexity index is 582. The van der Waals surface area contributed by atoms with Crippen LogP contribution in [0.4, 0.5) is 24.5 Å². The predicted molar refractivity (Wildman–Crippen MR) is 80.2 cm³/mol. The van der Waals surface area contributed by atoms with Gasteiger partial charge in [-0.15, -0.1) is 0 Å². The van der Waals surface area contributed by atoms with E-state index in [0.29, 0.717) is 38.3 Å². The van der Waals surface area contributed by atoms with Crippen LogP contribution >= 0.6 is 0 Å². The van der Waals surface area contributed by atoms with Crippen LogP contribution in [0.3, 0.4) is 0 Å². The number of piperazine rings is 1. The van der Waals surface area contributed by atoms with Crippen LogP contribution < -0.4 is 10.2 Å². The van der Waals surface area contributed by atoms with Crippen molar-refractivity contribution < 1.29 is 22.8 Å². The van der Waals surface area contributed by atoms with Crippen molar-refractivity contribution in [2.75, 3.05) is 36.4 Å². The minimum atomic E-state index is -4.93. The van der Waals surface area contributed by atoms with Gasteiger partial charge in [0.25, 0.3) is 0 Å². The molecule has 1 aromatic carbocycles. The molecular weight excluding hydrogens is 311 g/mol. The molecule has 2 rings (SSSR count). The van der Waals surface area contributed by atoms with Gasteiger partial charge < -0.3 is 15.1 Å². The molecule has 0 radical (unpaired) electrons. The zero-order valence-electron chi connectivity index (χ0n) is 12.7. The Labute approximate surface area is 132 Å². The predicted octanol–water partition coefficient (Wildman–Crippen LogP) is 2.25. The average molecular weight is 329 g/mol. The highest BCUT2D eigenvalue weighted by Gasteiger charge is 2.39. The lowest BCUT2D eigenvalue weighted by Crippen LogP contribution is -2.48. The zero-order chi connectivity index (χ0) is 17.0. The van der Waals surface area contributed by atoms with Gasteiger partial charge in [0.15, 0.2) is 0 Å². The first-order valence-corrected chi connectivity index (χ1v) is 7.33. The number of amides is 2. The van der Waals surface area contributed by atoms with Crippen LogP contribution in [0.2, 0.25) is 0 Å². The monoisotopic (exact) mass is 329 g/mol. The quantitative estimate of drug-likeness (QED) is 0.925. The lowest BCUT2D eigenvalue weighted by atomic mass is 10.2. The second-order valence-corrected chi connectivity index (χ2v) is 5.19. The van der Waals surface area contributed by atoms with Gasteiger partial charge in [0.2, 0.25) is 5.91 Å². The molecule has 1 saturated heterocycles. The fourth-order valence-corrected chi connectivity index (χ4v) is 2.47. The molecule has 0 bridgehead atoms. The molecule has 5 nitrogen and oxygen atoms in total. The summed E-state index contributed by atoms with van der Waals surface area (Å²) < 4.78 is 37.3. The molecule has 0 aromatic heterocycles. The fraction of sp³-hybridized carbons (Fsp3) is 0.467. The third-order valence-corrected chi connectivity index (χ3v) is 3.69. The van der Waals surface area contributed by atoms with Crippen LogP contribution in [0, 0.1) is 0 Å². The van der Waals surface area contributed by atoms with E-state index in [1.165, 1.54) is 6.07 Å². The minimum absolute atomic E-state index is 0.0586. The fourth-order valence-electron chi connectivity index (χ4n) is 2.47. The number of para-hydroxylation sites is 2. The van der Waals surface area contributed by atoms with Gasteiger partial charge in [-0.25, -0.2) is 0 Å². The van der Waals surface area contributed by atoms with Gasteiger partial charge >= 0.3 is 12.1 Å². The summed E-state index contributed by atoms with van der Waals surface area (Å²) in [5.74, 6) is -1.94. The van der Waals surface area contributed by atoms with Crippen LogP contribution in [0.5, 0.6) is 0 Å². The molecule has 0 unspecified atom stereocenters. The smallest absolute Gasteiger partial charge is 0.366 e. The maximum atomic E-state index is 12.4. The Balaban J connectivity index is 2.10. The maximum absolute atomic E-state index is 12.4. The third-order valence-electron chi connectivity index (χ3n) is 3.69. The number of halogens is 3. The van der Waals surface area contributed by atoms with Crippen molar-refractivity contribution in [3.63, 3.8) is 0 Å². The molecule has 0 saturated carbocycles. The molecular formula is C15H18F3N3O2. The van der Waals surface area contributed by atoms with Gasteiger partial charge in [-0.2, -0.15) is 13.2 Å². The van der Waals surface area contributed by atoms with E-state index in [-0.39, 0.29) is 11.6 Å². The van der Waals surface area contributed by atoms with E-state index in [0.717, 1.165) is 0 Å². The van der Waals surface area contributed by atoms with Gasteiger partial charge in [0.05, 0.1) is 11.4 Å². The normalized spacial score (nSPS) is 15.5. The highest BCUT2D eigenvalue weighted by Crippen LogP contribution is 2.28. The number of alkyl halides is 3. The topological polar surface area (TPSA) is 52.7 Å². The summed E-state index contributed by atoms with van der Waals surface area (Å²) in [7, 11) is 0. The number of rotatable bonds is 3.